The van der Waals surface area contributed by atoms with E-state index < -0.39 is 32.3 Å². The molecule has 0 saturated carbocycles. The average molecular weight is 644 g/mol. The molecule has 0 bridgehead atoms. The van der Waals surface area contributed by atoms with Crippen molar-refractivity contribution in [2.75, 3.05) is 20.2 Å². The molecule has 0 spiro atoms. The Labute approximate surface area is 254 Å². The molecule has 1 aliphatic rings. The predicted octanol–water partition coefficient (Wildman–Crippen LogP) is 4.23. The lowest BCUT2D eigenvalue weighted by molar-refractivity contribution is -0.142. The number of nitrogens with two attached hydrogens (primary N) is 1. The van der Waals surface area contributed by atoms with Gasteiger partial charge in [-0.3, -0.25) is 14.4 Å². The summed E-state index contributed by atoms with van der Waals surface area (Å²) in [4.78, 5) is 37.6. The van der Waals surface area contributed by atoms with Crippen LogP contribution in [-0.4, -0.2) is 61.0 Å². The highest BCUT2D eigenvalue weighted by atomic mass is 35.5. The largest absolute Gasteiger partial charge is 0.468 e. The summed E-state index contributed by atoms with van der Waals surface area (Å²) in [6, 6.07) is 10.6. The van der Waals surface area contributed by atoms with Crippen molar-refractivity contribution in [2.24, 2.45) is 5.73 Å². The molecule has 2 amide bonds. The van der Waals surface area contributed by atoms with Gasteiger partial charge >= 0.3 is 5.97 Å². The topological polar surface area (TPSA) is 159 Å². The van der Waals surface area contributed by atoms with Crippen LogP contribution < -0.4 is 26.0 Å². The van der Waals surface area contributed by atoms with Crippen molar-refractivity contribution >= 4 is 67.3 Å². The fraction of sp³-hybridized carbons (Fsp3) is 0.308. The lowest BCUT2D eigenvalue weighted by Crippen LogP contribution is -2.47. The molecule has 2 atom stereocenters. The second-order valence-corrected chi connectivity index (χ2v) is 11.7. The first kappa shape index (κ1) is 32.6. The summed E-state index contributed by atoms with van der Waals surface area (Å²) in [7, 11) is -0.133. The van der Waals surface area contributed by atoms with Crippen LogP contribution in [0.25, 0.3) is 0 Å². The molecule has 6 N–H and O–H groups in total. The third kappa shape index (κ3) is 9.03. The minimum Gasteiger partial charge on any atom is -0.468 e. The van der Waals surface area contributed by atoms with E-state index in [0.29, 0.717) is 36.7 Å². The standard InChI is InChI=1S/C26H30Cl3N6O5P/c1-15(26(38)39-2)34-41(40-18-8-6-16(27)7-9-18)35-12-10-17(11-13-35)32-25(37)23(31)21(14-30)33-24(36)22-19(28)4-3-5-20(22)29/h3-9,14-15,17,30,34H,10-13,31H2,1-2H3,(H,32,37)(H,33,36)/b23-21+,30-14?. The third-order valence-electron chi connectivity index (χ3n) is 6.04. The monoisotopic (exact) mass is 642 g/mol. The van der Waals surface area contributed by atoms with Crippen LogP contribution >= 0.6 is 43.3 Å². The minimum atomic E-state index is -1.45. The zero-order valence-corrected chi connectivity index (χ0v) is 25.4. The molecule has 41 heavy (non-hydrogen) atoms. The van der Waals surface area contributed by atoms with Gasteiger partial charge in [0.25, 0.3) is 11.8 Å². The normalized spacial score (nSPS) is 16.1. The van der Waals surface area contributed by atoms with Gasteiger partial charge in [-0.2, -0.15) is 0 Å². The lowest BCUT2D eigenvalue weighted by atomic mass is 10.1. The van der Waals surface area contributed by atoms with E-state index in [9.17, 15) is 14.4 Å². The molecule has 1 fully saturated rings. The average Bonchev–Trinajstić information content (AvgIpc) is 2.96. The molecule has 15 heteroatoms. The van der Waals surface area contributed by atoms with Gasteiger partial charge in [-0.1, -0.05) is 40.9 Å². The Bertz CT molecular complexity index is 1280. The fourth-order valence-electron chi connectivity index (χ4n) is 3.81. The molecule has 0 aromatic heterocycles. The van der Waals surface area contributed by atoms with Gasteiger partial charge in [0.15, 0.2) is 0 Å². The number of halogens is 3. The second kappa shape index (κ2) is 15.3. The number of nitrogens with one attached hydrogen (secondary N) is 4. The molecule has 1 aliphatic heterocycles. The van der Waals surface area contributed by atoms with E-state index in [1.54, 1.807) is 37.3 Å². The van der Waals surface area contributed by atoms with Crippen molar-refractivity contribution in [1.82, 2.24) is 20.4 Å². The second-order valence-electron chi connectivity index (χ2n) is 8.92. The van der Waals surface area contributed by atoms with Crippen molar-refractivity contribution in [3.63, 3.8) is 0 Å². The van der Waals surface area contributed by atoms with Gasteiger partial charge in [0, 0.05) is 30.4 Å². The highest BCUT2D eigenvalue weighted by Gasteiger charge is 2.31. The first-order valence-corrected chi connectivity index (χ1v) is 14.8. The Morgan fingerprint density at radius 2 is 1.71 bits per heavy atom. The number of hydrogen-bond acceptors (Lipinski definition) is 9. The van der Waals surface area contributed by atoms with Crippen molar-refractivity contribution in [1.29, 1.82) is 5.41 Å². The molecule has 2 unspecified atom stereocenters. The van der Waals surface area contributed by atoms with Crippen molar-refractivity contribution in [2.45, 2.75) is 31.8 Å². The van der Waals surface area contributed by atoms with E-state index in [4.69, 9.17) is 55.2 Å². The number of carbonyl (C=O) groups excluding carboxylic acids is 3. The number of ether oxygens (including phenoxy) is 1. The number of methoxy groups -OCH3 is 1. The molecule has 220 valence electrons. The number of amides is 2. The van der Waals surface area contributed by atoms with Crippen LogP contribution in [0.5, 0.6) is 5.75 Å². The van der Waals surface area contributed by atoms with E-state index in [2.05, 4.69) is 20.4 Å². The Kier molecular flexibility index (Phi) is 12.2. The minimum absolute atomic E-state index is 0.00297. The van der Waals surface area contributed by atoms with Crippen LogP contribution in [0.3, 0.4) is 0 Å². The first-order valence-electron chi connectivity index (χ1n) is 12.4. The Morgan fingerprint density at radius 3 is 2.27 bits per heavy atom. The Balaban J connectivity index is 1.64. The molecule has 1 heterocycles. The quantitative estimate of drug-likeness (QED) is 0.105. The molecule has 11 nitrogen and oxygen atoms in total. The van der Waals surface area contributed by atoms with Gasteiger partial charge in [0.2, 0.25) is 8.45 Å². The summed E-state index contributed by atoms with van der Waals surface area (Å²) in [5.41, 5.74) is 5.48. The third-order valence-corrected chi connectivity index (χ3v) is 8.83. The number of rotatable bonds is 11. The molecule has 2 aromatic rings. The van der Waals surface area contributed by atoms with Crippen LogP contribution in [0.4, 0.5) is 0 Å². The SMILES string of the molecule is COC(=O)C(C)NP(Oc1ccc(Cl)cc1)N1CCC(NC(=O)/C(N)=C(/C=N)NC(=O)c2c(Cl)cccc2Cl)CC1. The van der Waals surface area contributed by atoms with Crippen LogP contribution in [0, 0.1) is 5.41 Å². The Morgan fingerprint density at radius 1 is 1.10 bits per heavy atom. The number of esters is 1. The lowest BCUT2D eigenvalue weighted by Gasteiger charge is -2.37. The Hall–Kier alpha value is -2.92. The molecule has 2 aromatic carbocycles. The predicted molar refractivity (Wildman–Crippen MR) is 160 cm³/mol. The van der Waals surface area contributed by atoms with E-state index in [-0.39, 0.29) is 33.0 Å². The van der Waals surface area contributed by atoms with E-state index in [1.165, 1.54) is 19.2 Å². The van der Waals surface area contributed by atoms with Crippen LogP contribution in [-0.2, 0) is 14.3 Å². The molecule has 3 rings (SSSR count). The van der Waals surface area contributed by atoms with E-state index in [1.807, 2.05) is 0 Å². The number of piperidine rings is 1. The highest BCUT2D eigenvalue weighted by molar-refractivity contribution is 7.48. The first-order chi connectivity index (χ1) is 19.5. The smallest absolute Gasteiger partial charge is 0.322 e. The van der Waals surface area contributed by atoms with E-state index in [0.717, 1.165) is 6.21 Å². The number of carbonyl (C=O) groups is 3. The maximum atomic E-state index is 12.9. The zero-order valence-electron chi connectivity index (χ0n) is 22.2. The summed E-state index contributed by atoms with van der Waals surface area (Å²) in [5, 5.41) is 16.9. The summed E-state index contributed by atoms with van der Waals surface area (Å²) < 4.78 is 13.1. The molecule has 1 saturated heterocycles. The van der Waals surface area contributed by atoms with Crippen molar-refractivity contribution in [3.8, 4) is 5.75 Å². The van der Waals surface area contributed by atoms with Gasteiger partial charge in [-0.15, -0.1) is 0 Å². The molecular formula is C26H30Cl3N6O5P. The molecule has 0 aliphatic carbocycles. The van der Waals surface area contributed by atoms with Crippen LogP contribution in [0.1, 0.15) is 30.1 Å². The van der Waals surface area contributed by atoms with Gasteiger partial charge in [-0.25, -0.2) is 9.76 Å². The maximum absolute atomic E-state index is 12.9. The maximum Gasteiger partial charge on any atom is 0.322 e. The number of hydrogen-bond donors (Lipinski definition) is 5. The van der Waals surface area contributed by atoms with Crippen molar-refractivity contribution in [3.05, 3.63) is 74.5 Å². The van der Waals surface area contributed by atoms with E-state index >= 15 is 0 Å². The highest BCUT2D eigenvalue weighted by Crippen LogP contribution is 2.41. The number of nitrogens with zero attached hydrogens (tertiary/aromatic N) is 1. The summed E-state index contributed by atoms with van der Waals surface area (Å²) in [5.74, 6) is -1.18. The van der Waals surface area contributed by atoms with Crippen LogP contribution in [0.15, 0.2) is 53.9 Å². The van der Waals surface area contributed by atoms with Gasteiger partial charge in [0.05, 0.1) is 28.4 Å². The van der Waals surface area contributed by atoms with Crippen LogP contribution in [0.2, 0.25) is 15.1 Å². The van der Waals surface area contributed by atoms with Gasteiger partial charge in [0.1, 0.15) is 17.5 Å². The summed E-state index contributed by atoms with van der Waals surface area (Å²) in [6.07, 6.45) is 1.88. The van der Waals surface area contributed by atoms with Gasteiger partial charge in [-0.05, 0) is 56.2 Å². The fourth-order valence-corrected chi connectivity index (χ4v) is 6.19. The number of allylic oxidation sites excluding steroid dienone is 1. The summed E-state index contributed by atoms with van der Waals surface area (Å²) >= 11 is 18.2. The molecule has 0 radical (unpaired) electrons. The van der Waals surface area contributed by atoms with Gasteiger partial charge < -0.3 is 31.0 Å². The summed E-state index contributed by atoms with van der Waals surface area (Å²) in [6.45, 7) is 2.76. The van der Waals surface area contributed by atoms with Crippen molar-refractivity contribution < 1.29 is 23.6 Å². The molecular weight excluding hydrogens is 614 g/mol. The number of benzene rings is 2. The zero-order chi connectivity index (χ0) is 30.1.